The summed E-state index contributed by atoms with van der Waals surface area (Å²) in [6.45, 7) is 7.92. The molecular formula is C15H31NO. The molecular weight excluding hydrogens is 210 g/mol. The standard InChI is InChI=1S/C15H31NO/c1-5-6-7-8-12-17-13-10-9-11-15(2,3)14(13)16-4/h13-14,16H,5-12H2,1-4H3. The van der Waals surface area contributed by atoms with Crippen molar-refractivity contribution in [2.24, 2.45) is 5.41 Å². The fourth-order valence-corrected chi connectivity index (χ4v) is 3.10. The lowest BCUT2D eigenvalue weighted by molar-refractivity contribution is -0.0359. The molecule has 102 valence electrons. The van der Waals surface area contributed by atoms with Crippen molar-refractivity contribution < 1.29 is 4.74 Å². The molecule has 0 aromatic carbocycles. The Balaban J connectivity index is 2.30. The van der Waals surface area contributed by atoms with Crippen LogP contribution in [0.25, 0.3) is 0 Å². The molecule has 0 bridgehead atoms. The molecule has 2 nitrogen and oxygen atoms in total. The van der Waals surface area contributed by atoms with Crippen molar-refractivity contribution in [3.05, 3.63) is 0 Å². The van der Waals surface area contributed by atoms with Crippen molar-refractivity contribution in [1.82, 2.24) is 5.32 Å². The molecule has 1 fully saturated rings. The molecule has 0 amide bonds. The second kappa shape index (κ2) is 7.38. The molecule has 0 aliphatic heterocycles. The second-order valence-electron chi connectivity index (χ2n) is 6.12. The van der Waals surface area contributed by atoms with Crippen LogP contribution >= 0.6 is 0 Å². The summed E-state index contributed by atoms with van der Waals surface area (Å²) in [5.74, 6) is 0. The molecule has 17 heavy (non-hydrogen) atoms. The summed E-state index contributed by atoms with van der Waals surface area (Å²) in [4.78, 5) is 0. The molecule has 1 aliphatic carbocycles. The summed E-state index contributed by atoms with van der Waals surface area (Å²) in [5.41, 5.74) is 0.376. The van der Waals surface area contributed by atoms with Gasteiger partial charge in [0.2, 0.25) is 0 Å². The second-order valence-corrected chi connectivity index (χ2v) is 6.12. The lowest BCUT2D eigenvalue weighted by Crippen LogP contribution is -2.52. The van der Waals surface area contributed by atoms with Gasteiger partial charge in [-0.3, -0.25) is 0 Å². The third kappa shape index (κ3) is 4.59. The molecule has 0 aromatic heterocycles. The highest BCUT2D eigenvalue weighted by molar-refractivity contribution is 4.93. The van der Waals surface area contributed by atoms with Crippen LogP contribution in [0.4, 0.5) is 0 Å². The normalized spacial score (nSPS) is 28.2. The highest BCUT2D eigenvalue weighted by atomic mass is 16.5. The summed E-state index contributed by atoms with van der Waals surface area (Å²) in [6.07, 6.45) is 9.45. The number of ether oxygens (including phenoxy) is 1. The monoisotopic (exact) mass is 241 g/mol. The van der Waals surface area contributed by atoms with E-state index in [1.165, 1.54) is 44.9 Å². The van der Waals surface area contributed by atoms with Crippen molar-refractivity contribution in [3.63, 3.8) is 0 Å². The van der Waals surface area contributed by atoms with E-state index in [0.29, 0.717) is 17.6 Å². The smallest absolute Gasteiger partial charge is 0.0733 e. The summed E-state index contributed by atoms with van der Waals surface area (Å²) in [5, 5.41) is 3.47. The number of hydrogen-bond donors (Lipinski definition) is 1. The zero-order valence-corrected chi connectivity index (χ0v) is 12.2. The zero-order valence-electron chi connectivity index (χ0n) is 12.2. The summed E-state index contributed by atoms with van der Waals surface area (Å²) in [6, 6.07) is 0.516. The molecule has 0 saturated heterocycles. The molecule has 2 unspecified atom stereocenters. The van der Waals surface area contributed by atoms with Crippen molar-refractivity contribution in [2.75, 3.05) is 13.7 Å². The first-order valence-electron chi connectivity index (χ1n) is 7.40. The molecule has 0 heterocycles. The third-order valence-corrected chi connectivity index (χ3v) is 4.16. The fourth-order valence-electron chi connectivity index (χ4n) is 3.10. The Morgan fingerprint density at radius 2 is 2.00 bits per heavy atom. The molecule has 0 aromatic rings. The van der Waals surface area contributed by atoms with Gasteiger partial charge in [0.1, 0.15) is 0 Å². The van der Waals surface area contributed by atoms with E-state index in [4.69, 9.17) is 4.74 Å². The van der Waals surface area contributed by atoms with E-state index in [-0.39, 0.29) is 0 Å². The summed E-state index contributed by atoms with van der Waals surface area (Å²) >= 11 is 0. The molecule has 1 N–H and O–H groups in total. The SMILES string of the molecule is CCCCCCOC1CCCC(C)(C)C1NC. The van der Waals surface area contributed by atoms with E-state index >= 15 is 0 Å². The van der Waals surface area contributed by atoms with Gasteiger partial charge in [0, 0.05) is 12.6 Å². The van der Waals surface area contributed by atoms with Crippen LogP contribution in [-0.2, 0) is 4.74 Å². The van der Waals surface area contributed by atoms with E-state index in [1.807, 2.05) is 0 Å². The molecule has 1 saturated carbocycles. The molecule has 1 rings (SSSR count). The number of unbranched alkanes of at least 4 members (excludes halogenated alkanes) is 3. The van der Waals surface area contributed by atoms with Gasteiger partial charge >= 0.3 is 0 Å². The molecule has 2 atom stereocenters. The average molecular weight is 241 g/mol. The highest BCUT2D eigenvalue weighted by Gasteiger charge is 2.38. The lowest BCUT2D eigenvalue weighted by atomic mass is 9.72. The number of rotatable bonds is 7. The maximum absolute atomic E-state index is 6.11. The Labute approximate surface area is 108 Å². The van der Waals surface area contributed by atoms with Gasteiger partial charge < -0.3 is 10.1 Å². The minimum Gasteiger partial charge on any atom is -0.377 e. The van der Waals surface area contributed by atoms with Crippen molar-refractivity contribution in [2.45, 2.75) is 77.9 Å². The first kappa shape index (κ1) is 15.0. The van der Waals surface area contributed by atoms with E-state index in [1.54, 1.807) is 0 Å². The average Bonchev–Trinajstić information content (AvgIpc) is 2.28. The van der Waals surface area contributed by atoms with Crippen LogP contribution in [0.5, 0.6) is 0 Å². The molecule has 1 aliphatic rings. The van der Waals surface area contributed by atoms with Gasteiger partial charge in [-0.2, -0.15) is 0 Å². The number of nitrogens with one attached hydrogen (secondary N) is 1. The van der Waals surface area contributed by atoms with Crippen LogP contribution < -0.4 is 5.32 Å². The van der Waals surface area contributed by atoms with Gasteiger partial charge in [-0.05, 0) is 31.7 Å². The van der Waals surface area contributed by atoms with E-state index in [2.05, 4.69) is 33.1 Å². The fraction of sp³-hybridized carbons (Fsp3) is 1.00. The number of likely N-dealkylation sites (N-methyl/N-ethyl adjacent to an activating group) is 1. The van der Waals surface area contributed by atoms with E-state index in [0.717, 1.165) is 6.61 Å². The Morgan fingerprint density at radius 3 is 2.65 bits per heavy atom. The van der Waals surface area contributed by atoms with Gasteiger partial charge in [-0.25, -0.2) is 0 Å². The Morgan fingerprint density at radius 1 is 1.24 bits per heavy atom. The largest absolute Gasteiger partial charge is 0.377 e. The topological polar surface area (TPSA) is 21.3 Å². The minimum atomic E-state index is 0.376. The van der Waals surface area contributed by atoms with Crippen LogP contribution in [0, 0.1) is 5.41 Å². The Kier molecular flexibility index (Phi) is 6.50. The third-order valence-electron chi connectivity index (χ3n) is 4.16. The maximum atomic E-state index is 6.11. The Hall–Kier alpha value is -0.0800. The van der Waals surface area contributed by atoms with Crippen molar-refractivity contribution >= 4 is 0 Å². The van der Waals surface area contributed by atoms with Crippen LogP contribution in [-0.4, -0.2) is 25.8 Å². The van der Waals surface area contributed by atoms with Crippen molar-refractivity contribution in [3.8, 4) is 0 Å². The molecule has 0 spiro atoms. The Bertz CT molecular complexity index is 203. The predicted molar refractivity (Wildman–Crippen MR) is 74.4 cm³/mol. The summed E-state index contributed by atoms with van der Waals surface area (Å²) < 4.78 is 6.11. The van der Waals surface area contributed by atoms with Gasteiger partial charge in [0.25, 0.3) is 0 Å². The number of hydrogen-bond acceptors (Lipinski definition) is 2. The maximum Gasteiger partial charge on any atom is 0.0733 e. The minimum absolute atomic E-state index is 0.376. The van der Waals surface area contributed by atoms with Crippen LogP contribution in [0.1, 0.15) is 65.7 Å². The van der Waals surface area contributed by atoms with Gasteiger partial charge in [0.15, 0.2) is 0 Å². The van der Waals surface area contributed by atoms with E-state index < -0.39 is 0 Å². The lowest BCUT2D eigenvalue weighted by Gasteiger charge is -2.43. The van der Waals surface area contributed by atoms with Crippen LogP contribution in [0.15, 0.2) is 0 Å². The zero-order chi connectivity index (χ0) is 12.7. The molecule has 2 heteroatoms. The van der Waals surface area contributed by atoms with Crippen molar-refractivity contribution in [1.29, 1.82) is 0 Å². The van der Waals surface area contributed by atoms with Crippen LogP contribution in [0.2, 0.25) is 0 Å². The predicted octanol–water partition coefficient (Wildman–Crippen LogP) is 3.75. The van der Waals surface area contributed by atoms with E-state index in [9.17, 15) is 0 Å². The first-order valence-corrected chi connectivity index (χ1v) is 7.40. The van der Waals surface area contributed by atoms with Crippen LogP contribution in [0.3, 0.4) is 0 Å². The quantitative estimate of drug-likeness (QED) is 0.685. The van der Waals surface area contributed by atoms with Gasteiger partial charge in [-0.15, -0.1) is 0 Å². The molecule has 0 radical (unpaired) electrons. The van der Waals surface area contributed by atoms with Gasteiger partial charge in [0.05, 0.1) is 6.10 Å². The summed E-state index contributed by atoms with van der Waals surface area (Å²) in [7, 11) is 2.07. The highest BCUT2D eigenvalue weighted by Crippen LogP contribution is 2.36. The first-order chi connectivity index (χ1) is 8.11. The van der Waals surface area contributed by atoms with Gasteiger partial charge in [-0.1, -0.05) is 46.5 Å².